The molecule has 0 fully saturated rings. The van der Waals surface area contributed by atoms with Crippen LogP contribution in [0.5, 0.6) is 0 Å². The molecule has 0 aromatic heterocycles. The molecule has 2 N–H and O–H groups in total. The monoisotopic (exact) mass is 291 g/mol. The molecule has 1 rings (SSSR count). The molecule has 114 valence electrons. The van der Waals surface area contributed by atoms with Crippen molar-refractivity contribution in [1.29, 1.82) is 0 Å². The largest absolute Gasteiger partial charge is 0.459 e. The highest BCUT2D eigenvalue weighted by molar-refractivity contribution is 6.17. The van der Waals surface area contributed by atoms with Crippen molar-refractivity contribution in [3.8, 4) is 0 Å². The number of carbonyl (C=O) groups is 2. The van der Waals surface area contributed by atoms with Crippen molar-refractivity contribution >= 4 is 23.7 Å². The van der Waals surface area contributed by atoms with Crippen LogP contribution in [-0.4, -0.2) is 24.1 Å². The van der Waals surface area contributed by atoms with Gasteiger partial charge in [-0.2, -0.15) is 0 Å². The van der Waals surface area contributed by atoms with E-state index in [2.05, 4.69) is 0 Å². The molecule has 0 aliphatic carbocycles. The lowest BCUT2D eigenvalue weighted by Gasteiger charge is -2.12. The fourth-order valence-corrected chi connectivity index (χ4v) is 1.52. The van der Waals surface area contributed by atoms with Crippen molar-refractivity contribution in [2.45, 2.75) is 39.9 Å². The molecule has 0 bridgehead atoms. The summed E-state index contributed by atoms with van der Waals surface area (Å²) in [5.41, 5.74) is 6.74. The Morgan fingerprint density at radius 2 is 1.38 bits per heavy atom. The summed E-state index contributed by atoms with van der Waals surface area (Å²) in [5, 5.41) is 0. The summed E-state index contributed by atoms with van der Waals surface area (Å²) in [6, 6.07) is 6.79. The third-order valence-electron chi connectivity index (χ3n) is 2.37. The van der Waals surface area contributed by atoms with Crippen LogP contribution in [0.1, 0.15) is 33.3 Å². The number of rotatable bonds is 5. The fourth-order valence-electron chi connectivity index (χ4n) is 1.52. The number of benzene rings is 1. The Morgan fingerprint density at radius 1 is 0.952 bits per heavy atom. The maximum Gasteiger partial charge on any atom is 0.345 e. The summed E-state index contributed by atoms with van der Waals surface area (Å²) in [7, 11) is 0. The molecule has 0 aliphatic rings. The second-order valence-corrected chi connectivity index (χ2v) is 5.13. The molecular formula is C16H21NO4. The summed E-state index contributed by atoms with van der Waals surface area (Å²) < 4.78 is 10.2. The number of anilines is 1. The Kier molecular flexibility index (Phi) is 5.96. The van der Waals surface area contributed by atoms with Crippen molar-refractivity contribution in [3.63, 3.8) is 0 Å². The minimum absolute atomic E-state index is 0.137. The summed E-state index contributed by atoms with van der Waals surface area (Å²) in [6.45, 7) is 6.86. The number of hydrogen-bond donors (Lipinski definition) is 1. The first-order valence-corrected chi connectivity index (χ1v) is 6.78. The second-order valence-electron chi connectivity index (χ2n) is 5.13. The van der Waals surface area contributed by atoms with E-state index in [4.69, 9.17) is 15.2 Å². The van der Waals surface area contributed by atoms with Gasteiger partial charge in [-0.3, -0.25) is 0 Å². The third-order valence-corrected chi connectivity index (χ3v) is 2.37. The van der Waals surface area contributed by atoms with Gasteiger partial charge >= 0.3 is 11.9 Å². The number of carbonyl (C=O) groups excluding carboxylic acids is 2. The van der Waals surface area contributed by atoms with E-state index < -0.39 is 11.9 Å². The van der Waals surface area contributed by atoms with Crippen LogP contribution in [0.15, 0.2) is 29.8 Å². The van der Waals surface area contributed by atoms with Crippen LogP contribution >= 0.6 is 0 Å². The number of ether oxygens (including phenoxy) is 2. The predicted octanol–water partition coefficient (Wildman–Crippen LogP) is 2.56. The van der Waals surface area contributed by atoms with Gasteiger partial charge in [0.15, 0.2) is 0 Å². The van der Waals surface area contributed by atoms with Gasteiger partial charge in [0.25, 0.3) is 0 Å². The normalized spacial score (nSPS) is 10.4. The van der Waals surface area contributed by atoms with Gasteiger partial charge in [-0.15, -0.1) is 0 Å². The topological polar surface area (TPSA) is 78.6 Å². The smallest absolute Gasteiger partial charge is 0.345 e. The Labute approximate surface area is 124 Å². The van der Waals surface area contributed by atoms with Gasteiger partial charge in [0.1, 0.15) is 5.57 Å². The second kappa shape index (κ2) is 7.47. The highest BCUT2D eigenvalue weighted by atomic mass is 16.6. The molecule has 0 saturated carbocycles. The maximum atomic E-state index is 12.0. The zero-order valence-corrected chi connectivity index (χ0v) is 12.8. The molecule has 0 heterocycles. The SMILES string of the molecule is CC(C)OC(=O)C(=Cc1ccc(N)cc1)C(=O)OC(C)C. The van der Waals surface area contributed by atoms with E-state index in [1.165, 1.54) is 6.08 Å². The van der Waals surface area contributed by atoms with E-state index >= 15 is 0 Å². The number of nitrogen functional groups attached to an aromatic ring is 1. The average molecular weight is 291 g/mol. The molecule has 21 heavy (non-hydrogen) atoms. The lowest BCUT2D eigenvalue weighted by atomic mass is 10.1. The van der Waals surface area contributed by atoms with Gasteiger partial charge in [0.05, 0.1) is 12.2 Å². The Morgan fingerprint density at radius 3 is 1.76 bits per heavy atom. The maximum absolute atomic E-state index is 12.0. The predicted molar refractivity (Wildman–Crippen MR) is 81.3 cm³/mol. The van der Waals surface area contributed by atoms with Crippen molar-refractivity contribution in [3.05, 3.63) is 35.4 Å². The van der Waals surface area contributed by atoms with Crippen LogP contribution in [0.25, 0.3) is 6.08 Å². The Balaban J connectivity index is 3.08. The number of hydrogen-bond acceptors (Lipinski definition) is 5. The minimum Gasteiger partial charge on any atom is -0.459 e. The van der Waals surface area contributed by atoms with Crippen LogP contribution in [0.3, 0.4) is 0 Å². The average Bonchev–Trinajstić information content (AvgIpc) is 2.36. The molecule has 0 spiro atoms. The molecule has 0 unspecified atom stereocenters. The molecule has 0 aliphatic heterocycles. The van der Waals surface area contributed by atoms with Crippen LogP contribution in [0.2, 0.25) is 0 Å². The summed E-state index contributed by atoms with van der Waals surface area (Å²) in [5.74, 6) is -1.40. The van der Waals surface area contributed by atoms with E-state index in [0.717, 1.165) is 0 Å². The summed E-state index contributed by atoms with van der Waals surface area (Å²) in [6.07, 6.45) is 0.799. The molecular weight excluding hydrogens is 270 g/mol. The standard InChI is InChI=1S/C16H21NO4/c1-10(2)20-15(18)14(16(19)21-11(3)4)9-12-5-7-13(17)8-6-12/h5-11H,17H2,1-4H3. The molecule has 1 aromatic carbocycles. The first-order chi connectivity index (χ1) is 9.79. The molecule has 0 saturated heterocycles. The number of nitrogens with two attached hydrogens (primary N) is 1. The highest BCUT2D eigenvalue weighted by Gasteiger charge is 2.23. The first-order valence-electron chi connectivity index (χ1n) is 6.78. The van der Waals surface area contributed by atoms with Crippen LogP contribution in [0, 0.1) is 0 Å². The Hall–Kier alpha value is -2.30. The van der Waals surface area contributed by atoms with Gasteiger partial charge in [-0.1, -0.05) is 12.1 Å². The minimum atomic E-state index is -0.701. The van der Waals surface area contributed by atoms with Gasteiger partial charge in [-0.25, -0.2) is 9.59 Å². The zero-order chi connectivity index (χ0) is 16.0. The molecule has 5 nitrogen and oxygen atoms in total. The van der Waals surface area contributed by atoms with Crippen molar-refractivity contribution in [1.82, 2.24) is 0 Å². The van der Waals surface area contributed by atoms with Crippen LogP contribution < -0.4 is 5.73 Å². The van der Waals surface area contributed by atoms with E-state index in [0.29, 0.717) is 11.3 Å². The third kappa shape index (κ3) is 5.69. The van der Waals surface area contributed by atoms with Gasteiger partial charge in [0, 0.05) is 5.69 Å². The summed E-state index contributed by atoms with van der Waals surface area (Å²) in [4.78, 5) is 24.1. The molecule has 0 amide bonds. The van der Waals surface area contributed by atoms with Gasteiger partial charge in [0.2, 0.25) is 0 Å². The van der Waals surface area contributed by atoms with Crippen LogP contribution in [-0.2, 0) is 19.1 Å². The van der Waals surface area contributed by atoms with Gasteiger partial charge < -0.3 is 15.2 Å². The number of esters is 2. The highest BCUT2D eigenvalue weighted by Crippen LogP contribution is 2.14. The van der Waals surface area contributed by atoms with E-state index in [9.17, 15) is 9.59 Å². The zero-order valence-electron chi connectivity index (χ0n) is 12.8. The molecule has 0 radical (unpaired) electrons. The van der Waals surface area contributed by atoms with Crippen molar-refractivity contribution in [2.75, 3.05) is 5.73 Å². The van der Waals surface area contributed by atoms with E-state index in [1.54, 1.807) is 52.0 Å². The fraction of sp³-hybridized carbons (Fsp3) is 0.375. The van der Waals surface area contributed by atoms with Gasteiger partial charge in [-0.05, 0) is 51.5 Å². The molecule has 0 atom stereocenters. The summed E-state index contributed by atoms with van der Waals surface area (Å²) >= 11 is 0. The lowest BCUT2D eigenvalue weighted by molar-refractivity contribution is -0.150. The molecule has 5 heteroatoms. The van der Waals surface area contributed by atoms with E-state index in [1.807, 2.05) is 0 Å². The van der Waals surface area contributed by atoms with E-state index in [-0.39, 0.29) is 17.8 Å². The van der Waals surface area contributed by atoms with Crippen molar-refractivity contribution < 1.29 is 19.1 Å². The van der Waals surface area contributed by atoms with Crippen molar-refractivity contribution in [2.24, 2.45) is 0 Å². The van der Waals surface area contributed by atoms with Crippen LogP contribution in [0.4, 0.5) is 5.69 Å². The first kappa shape index (κ1) is 16.8. The lowest BCUT2D eigenvalue weighted by Crippen LogP contribution is -2.23. The quantitative estimate of drug-likeness (QED) is 0.296. The molecule has 1 aromatic rings. The Bertz CT molecular complexity index is 506.